The van der Waals surface area contributed by atoms with Gasteiger partial charge in [-0.15, -0.1) is 11.3 Å². The average molecular weight is 306 g/mol. The number of amides is 1. The third-order valence-electron chi connectivity index (χ3n) is 3.09. The van der Waals surface area contributed by atoms with E-state index in [1.807, 2.05) is 30.0 Å². The maximum Gasteiger partial charge on any atom is 0.271 e. The van der Waals surface area contributed by atoms with E-state index < -0.39 is 0 Å². The van der Waals surface area contributed by atoms with E-state index >= 15 is 0 Å². The summed E-state index contributed by atoms with van der Waals surface area (Å²) in [6.07, 6.45) is 0.745. The maximum absolute atomic E-state index is 12.1. The van der Waals surface area contributed by atoms with Crippen LogP contribution in [0.3, 0.4) is 0 Å². The van der Waals surface area contributed by atoms with Crippen LogP contribution in [0.5, 0.6) is 0 Å². The Morgan fingerprint density at radius 3 is 2.62 bits per heavy atom. The quantitative estimate of drug-likeness (QED) is 0.944. The van der Waals surface area contributed by atoms with Gasteiger partial charge in [0.1, 0.15) is 5.69 Å². The molecule has 2 heterocycles. The summed E-state index contributed by atoms with van der Waals surface area (Å²) in [5, 5.41) is 10.4. The topological polar surface area (TPSA) is 59.8 Å². The fourth-order valence-corrected chi connectivity index (χ4v) is 2.83. The third-order valence-corrected chi connectivity index (χ3v) is 3.91. The molecule has 0 radical (unpaired) electrons. The molecule has 0 aliphatic heterocycles. The van der Waals surface area contributed by atoms with E-state index in [0.29, 0.717) is 12.2 Å². The van der Waals surface area contributed by atoms with Crippen LogP contribution in [0.1, 0.15) is 47.7 Å². The first kappa shape index (κ1) is 15.7. The van der Waals surface area contributed by atoms with Crippen LogP contribution >= 0.6 is 11.3 Å². The Bertz CT molecular complexity index is 636. The molecule has 0 aliphatic carbocycles. The molecule has 2 aromatic heterocycles. The van der Waals surface area contributed by atoms with Gasteiger partial charge in [-0.2, -0.15) is 5.10 Å². The first-order chi connectivity index (χ1) is 9.77. The number of nitrogens with one attached hydrogen (secondary N) is 1. The fraction of sp³-hybridized carbons (Fsp3) is 0.533. The van der Waals surface area contributed by atoms with E-state index in [9.17, 15) is 4.79 Å². The highest BCUT2D eigenvalue weighted by Gasteiger charge is 2.19. The molecular weight excluding hydrogens is 284 g/mol. The summed E-state index contributed by atoms with van der Waals surface area (Å²) in [4.78, 5) is 16.5. The molecule has 5 nitrogen and oxygen atoms in total. The molecule has 0 saturated carbocycles. The Morgan fingerprint density at radius 1 is 1.38 bits per heavy atom. The van der Waals surface area contributed by atoms with E-state index in [-0.39, 0.29) is 11.4 Å². The minimum absolute atomic E-state index is 0.124. The van der Waals surface area contributed by atoms with Gasteiger partial charge in [-0.3, -0.25) is 9.48 Å². The lowest BCUT2D eigenvalue weighted by molar-refractivity contribution is 0.0947. The Kier molecular flexibility index (Phi) is 4.46. The summed E-state index contributed by atoms with van der Waals surface area (Å²) < 4.78 is 1.88. The summed E-state index contributed by atoms with van der Waals surface area (Å²) in [5.41, 5.74) is 2.36. The van der Waals surface area contributed by atoms with Gasteiger partial charge < -0.3 is 5.32 Å². The van der Waals surface area contributed by atoms with Crippen molar-refractivity contribution in [1.82, 2.24) is 20.1 Å². The molecule has 6 heteroatoms. The molecular formula is C15H22N4OS. The van der Waals surface area contributed by atoms with Crippen LogP contribution in [0.4, 0.5) is 0 Å². The van der Waals surface area contributed by atoms with Gasteiger partial charge in [0.05, 0.1) is 16.2 Å². The molecule has 0 fully saturated rings. The van der Waals surface area contributed by atoms with Crippen molar-refractivity contribution in [1.29, 1.82) is 0 Å². The van der Waals surface area contributed by atoms with Crippen LogP contribution in [0.15, 0.2) is 11.4 Å². The summed E-state index contributed by atoms with van der Waals surface area (Å²) >= 11 is 1.63. The number of aromatic nitrogens is 3. The smallest absolute Gasteiger partial charge is 0.271 e. The molecule has 21 heavy (non-hydrogen) atoms. The Hall–Kier alpha value is -1.69. The number of carbonyl (C=O) groups is 1. The molecule has 0 spiro atoms. The van der Waals surface area contributed by atoms with Crippen LogP contribution in [0.25, 0.3) is 0 Å². The number of aryl methyl sites for hydroxylation is 2. The van der Waals surface area contributed by atoms with E-state index in [1.54, 1.807) is 11.3 Å². The predicted octanol–water partition coefficient (Wildman–Crippen LogP) is 2.68. The van der Waals surface area contributed by atoms with Crippen molar-refractivity contribution in [2.24, 2.45) is 0 Å². The van der Waals surface area contributed by atoms with Gasteiger partial charge >= 0.3 is 0 Å². The van der Waals surface area contributed by atoms with Gasteiger partial charge in [0.2, 0.25) is 0 Å². The van der Waals surface area contributed by atoms with E-state index in [4.69, 9.17) is 0 Å². The second-order valence-electron chi connectivity index (χ2n) is 6.12. The molecule has 0 unspecified atom stereocenters. The minimum Gasteiger partial charge on any atom is -0.350 e. The monoisotopic (exact) mass is 306 g/mol. The van der Waals surface area contributed by atoms with Crippen molar-refractivity contribution in [3.05, 3.63) is 33.5 Å². The number of hydrogen-bond acceptors (Lipinski definition) is 4. The fourth-order valence-electron chi connectivity index (χ4n) is 2.18. The first-order valence-electron chi connectivity index (χ1n) is 7.04. The third kappa shape index (κ3) is 3.91. The van der Waals surface area contributed by atoms with Crippen molar-refractivity contribution < 1.29 is 4.79 Å². The van der Waals surface area contributed by atoms with Crippen LogP contribution < -0.4 is 5.32 Å². The summed E-state index contributed by atoms with van der Waals surface area (Å²) in [7, 11) is 0. The largest absolute Gasteiger partial charge is 0.350 e. The highest BCUT2D eigenvalue weighted by molar-refractivity contribution is 7.09. The van der Waals surface area contributed by atoms with E-state index in [2.05, 4.69) is 36.2 Å². The molecule has 0 saturated heterocycles. The number of hydrogen-bond donors (Lipinski definition) is 1. The van der Waals surface area contributed by atoms with Crippen molar-refractivity contribution >= 4 is 17.2 Å². The summed E-state index contributed by atoms with van der Waals surface area (Å²) in [6, 6.07) is 1.83. The van der Waals surface area contributed by atoms with E-state index in [0.717, 1.165) is 22.8 Å². The van der Waals surface area contributed by atoms with Crippen LogP contribution in [0, 0.1) is 13.8 Å². The molecule has 0 aromatic carbocycles. The second kappa shape index (κ2) is 5.97. The standard InChI is InChI=1S/C15H22N4OS/c1-10-8-13(18-19(10)15(3,4)5)14(20)16-7-6-12-9-21-11(2)17-12/h8-9H,6-7H2,1-5H3,(H,16,20). The van der Waals surface area contributed by atoms with Crippen LogP contribution in [-0.4, -0.2) is 27.2 Å². The number of thiazole rings is 1. The first-order valence-corrected chi connectivity index (χ1v) is 7.91. The van der Waals surface area contributed by atoms with Crippen LogP contribution in [-0.2, 0) is 12.0 Å². The van der Waals surface area contributed by atoms with Crippen molar-refractivity contribution in [2.75, 3.05) is 6.54 Å². The number of nitrogens with zero attached hydrogens (tertiary/aromatic N) is 3. The number of rotatable bonds is 4. The van der Waals surface area contributed by atoms with Gasteiger partial charge in [-0.25, -0.2) is 4.98 Å². The molecule has 0 aliphatic rings. The molecule has 0 bridgehead atoms. The van der Waals surface area contributed by atoms with Gasteiger partial charge in [0.25, 0.3) is 5.91 Å². The highest BCUT2D eigenvalue weighted by Crippen LogP contribution is 2.16. The normalized spacial score (nSPS) is 11.7. The molecule has 1 amide bonds. The van der Waals surface area contributed by atoms with Gasteiger partial charge in [-0.05, 0) is 40.7 Å². The Balaban J connectivity index is 1.94. The average Bonchev–Trinajstić information content (AvgIpc) is 2.95. The lowest BCUT2D eigenvalue weighted by atomic mass is 10.1. The predicted molar refractivity (Wildman–Crippen MR) is 84.8 cm³/mol. The molecule has 2 aromatic rings. The van der Waals surface area contributed by atoms with Gasteiger partial charge in [0, 0.05) is 24.0 Å². The number of carbonyl (C=O) groups excluding carboxylic acids is 1. The van der Waals surface area contributed by atoms with E-state index in [1.165, 1.54) is 0 Å². The molecule has 2 rings (SSSR count). The zero-order chi connectivity index (χ0) is 15.6. The van der Waals surface area contributed by atoms with Crippen molar-refractivity contribution in [3.63, 3.8) is 0 Å². The minimum atomic E-state index is -0.131. The summed E-state index contributed by atoms with van der Waals surface area (Å²) in [5.74, 6) is -0.131. The summed E-state index contributed by atoms with van der Waals surface area (Å²) in [6.45, 7) is 10.7. The molecule has 1 N–H and O–H groups in total. The zero-order valence-corrected chi connectivity index (χ0v) is 14.0. The lowest BCUT2D eigenvalue weighted by Gasteiger charge is -2.21. The Labute approximate surface area is 129 Å². The maximum atomic E-state index is 12.1. The SMILES string of the molecule is Cc1nc(CCNC(=O)c2cc(C)n(C(C)(C)C)n2)cs1. The molecule has 0 atom stereocenters. The second-order valence-corrected chi connectivity index (χ2v) is 7.18. The van der Waals surface area contributed by atoms with Gasteiger partial charge in [0.15, 0.2) is 0 Å². The van der Waals surface area contributed by atoms with Gasteiger partial charge in [-0.1, -0.05) is 0 Å². The Morgan fingerprint density at radius 2 is 2.10 bits per heavy atom. The van der Waals surface area contributed by atoms with Crippen molar-refractivity contribution in [3.8, 4) is 0 Å². The zero-order valence-electron chi connectivity index (χ0n) is 13.2. The molecule has 114 valence electrons. The van der Waals surface area contributed by atoms with Crippen LogP contribution in [0.2, 0.25) is 0 Å². The highest BCUT2D eigenvalue weighted by atomic mass is 32.1. The van der Waals surface area contributed by atoms with Crippen molar-refractivity contribution in [2.45, 2.75) is 46.6 Å². The lowest BCUT2D eigenvalue weighted by Crippen LogP contribution is -2.28.